The van der Waals surface area contributed by atoms with Gasteiger partial charge in [-0.25, -0.2) is 0 Å². The molecule has 0 saturated carbocycles. The topological polar surface area (TPSA) is 37.0 Å². The number of nitrogens with zero attached hydrogens (tertiary/aromatic N) is 1. The lowest BCUT2D eigenvalue weighted by Crippen LogP contribution is -2.33. The maximum atomic E-state index is 4.66. The van der Waals surface area contributed by atoms with Gasteiger partial charge in [0.05, 0.1) is 11.2 Å². The zero-order valence-corrected chi connectivity index (χ0v) is 10.5. The Balaban J connectivity index is 1.60. The molecule has 0 unspecified atom stereocenters. The van der Waals surface area contributed by atoms with E-state index in [1.807, 2.05) is 12.1 Å². The number of para-hydroxylation sites is 1. The van der Waals surface area contributed by atoms with Crippen LogP contribution in [-0.4, -0.2) is 24.1 Å². The van der Waals surface area contributed by atoms with E-state index >= 15 is 0 Å². The maximum absolute atomic E-state index is 4.66. The summed E-state index contributed by atoms with van der Waals surface area (Å²) in [5.74, 6) is 0. The highest BCUT2D eigenvalue weighted by molar-refractivity contribution is 5.78. The second kappa shape index (κ2) is 5.46. The Bertz CT molecular complexity index is 518. The van der Waals surface area contributed by atoms with E-state index in [1.54, 1.807) is 0 Å². The minimum absolute atomic E-state index is 0.644. The Morgan fingerprint density at radius 2 is 2.17 bits per heavy atom. The van der Waals surface area contributed by atoms with Gasteiger partial charge in [-0.15, -0.1) is 0 Å². The van der Waals surface area contributed by atoms with Gasteiger partial charge in [0, 0.05) is 24.5 Å². The molecule has 0 aliphatic carbocycles. The van der Waals surface area contributed by atoms with Gasteiger partial charge < -0.3 is 10.6 Å². The average Bonchev–Trinajstić information content (AvgIpc) is 2.92. The fourth-order valence-electron chi connectivity index (χ4n) is 2.51. The van der Waals surface area contributed by atoms with Gasteiger partial charge >= 0.3 is 0 Å². The van der Waals surface area contributed by atoms with Gasteiger partial charge in [0.2, 0.25) is 0 Å². The molecule has 3 nitrogen and oxygen atoms in total. The van der Waals surface area contributed by atoms with Gasteiger partial charge in [0.1, 0.15) is 0 Å². The van der Waals surface area contributed by atoms with E-state index < -0.39 is 0 Å². The first kappa shape index (κ1) is 11.6. The minimum atomic E-state index is 0.644. The quantitative estimate of drug-likeness (QED) is 0.860. The summed E-state index contributed by atoms with van der Waals surface area (Å²) in [6.07, 6.45) is 2.60. The van der Waals surface area contributed by atoms with Crippen molar-refractivity contribution < 1.29 is 0 Å². The van der Waals surface area contributed by atoms with Gasteiger partial charge in [-0.05, 0) is 31.5 Å². The van der Waals surface area contributed by atoms with Crippen molar-refractivity contribution >= 4 is 10.9 Å². The Morgan fingerprint density at radius 3 is 3.06 bits per heavy atom. The number of benzene rings is 1. The highest BCUT2D eigenvalue weighted by Gasteiger charge is 2.12. The Hall–Kier alpha value is -1.45. The second-order valence-corrected chi connectivity index (χ2v) is 4.92. The molecule has 3 rings (SSSR count). The molecule has 1 saturated heterocycles. The van der Waals surface area contributed by atoms with Crippen molar-refractivity contribution in [3.63, 3.8) is 0 Å². The standard InChI is InChI=1S/C15H19N3/c1-2-6-15-12(4-1)7-8-14(18-15)11-16-10-13-5-3-9-17-13/h1-2,4,6-8,13,16-17H,3,5,9-11H2/t13-/m0/s1. The highest BCUT2D eigenvalue weighted by atomic mass is 15.0. The monoisotopic (exact) mass is 241 g/mol. The second-order valence-electron chi connectivity index (χ2n) is 4.92. The van der Waals surface area contributed by atoms with Crippen LogP contribution in [0.25, 0.3) is 10.9 Å². The summed E-state index contributed by atoms with van der Waals surface area (Å²) in [6.45, 7) is 3.05. The Labute approximate surface area is 108 Å². The highest BCUT2D eigenvalue weighted by Crippen LogP contribution is 2.11. The third kappa shape index (κ3) is 2.68. The van der Waals surface area contributed by atoms with Gasteiger partial charge in [-0.3, -0.25) is 4.98 Å². The summed E-state index contributed by atoms with van der Waals surface area (Å²) < 4.78 is 0. The third-order valence-electron chi connectivity index (χ3n) is 3.52. The van der Waals surface area contributed by atoms with Crippen LogP contribution in [-0.2, 0) is 6.54 Å². The molecule has 2 heterocycles. The van der Waals surface area contributed by atoms with E-state index in [4.69, 9.17) is 0 Å². The molecular weight excluding hydrogens is 222 g/mol. The normalized spacial score (nSPS) is 19.4. The van der Waals surface area contributed by atoms with Crippen LogP contribution in [0.2, 0.25) is 0 Å². The van der Waals surface area contributed by atoms with Crippen LogP contribution in [0.4, 0.5) is 0 Å². The number of rotatable bonds is 4. The van der Waals surface area contributed by atoms with Crippen molar-refractivity contribution in [3.05, 3.63) is 42.1 Å². The lowest BCUT2D eigenvalue weighted by atomic mass is 10.2. The molecule has 94 valence electrons. The van der Waals surface area contributed by atoms with Gasteiger partial charge in [-0.1, -0.05) is 24.3 Å². The van der Waals surface area contributed by atoms with Crippen molar-refractivity contribution in [2.75, 3.05) is 13.1 Å². The number of pyridine rings is 1. The first-order chi connectivity index (χ1) is 8.92. The van der Waals surface area contributed by atoms with E-state index in [-0.39, 0.29) is 0 Å². The molecule has 0 amide bonds. The molecule has 1 atom stereocenters. The predicted octanol–water partition coefficient (Wildman–Crippen LogP) is 2.08. The molecule has 0 spiro atoms. The zero-order chi connectivity index (χ0) is 12.2. The Kier molecular flexibility index (Phi) is 3.53. The summed E-state index contributed by atoms with van der Waals surface area (Å²) in [6, 6.07) is 13.2. The molecule has 2 N–H and O–H groups in total. The van der Waals surface area contributed by atoms with Crippen molar-refractivity contribution in [2.24, 2.45) is 0 Å². The lowest BCUT2D eigenvalue weighted by molar-refractivity contribution is 0.533. The van der Waals surface area contributed by atoms with E-state index in [2.05, 4.69) is 39.9 Å². The van der Waals surface area contributed by atoms with Gasteiger partial charge in [0.15, 0.2) is 0 Å². The molecule has 1 aliphatic heterocycles. The van der Waals surface area contributed by atoms with Crippen molar-refractivity contribution in [1.29, 1.82) is 0 Å². The summed E-state index contributed by atoms with van der Waals surface area (Å²) in [4.78, 5) is 4.66. The summed E-state index contributed by atoms with van der Waals surface area (Å²) in [7, 11) is 0. The smallest absolute Gasteiger partial charge is 0.0705 e. The fourth-order valence-corrected chi connectivity index (χ4v) is 2.51. The van der Waals surface area contributed by atoms with E-state index in [0.717, 1.165) is 24.3 Å². The molecular formula is C15H19N3. The van der Waals surface area contributed by atoms with Gasteiger partial charge in [0.25, 0.3) is 0 Å². The van der Waals surface area contributed by atoms with Crippen molar-refractivity contribution in [3.8, 4) is 0 Å². The molecule has 1 aliphatic rings. The molecule has 1 aromatic carbocycles. The number of hydrogen-bond donors (Lipinski definition) is 2. The fraction of sp³-hybridized carbons (Fsp3) is 0.400. The van der Waals surface area contributed by atoms with Crippen LogP contribution in [0.5, 0.6) is 0 Å². The van der Waals surface area contributed by atoms with Crippen LogP contribution in [0.1, 0.15) is 18.5 Å². The lowest BCUT2D eigenvalue weighted by Gasteiger charge is -2.11. The van der Waals surface area contributed by atoms with Crippen molar-refractivity contribution in [1.82, 2.24) is 15.6 Å². The Morgan fingerprint density at radius 1 is 1.22 bits per heavy atom. The largest absolute Gasteiger partial charge is 0.313 e. The molecule has 0 bridgehead atoms. The van der Waals surface area contributed by atoms with Crippen LogP contribution in [0, 0.1) is 0 Å². The number of hydrogen-bond acceptors (Lipinski definition) is 3. The summed E-state index contributed by atoms with van der Waals surface area (Å²) in [5.41, 5.74) is 2.20. The van der Waals surface area contributed by atoms with Gasteiger partial charge in [-0.2, -0.15) is 0 Å². The third-order valence-corrected chi connectivity index (χ3v) is 3.52. The first-order valence-corrected chi connectivity index (χ1v) is 6.70. The molecule has 2 aromatic rings. The van der Waals surface area contributed by atoms with Crippen LogP contribution in [0.15, 0.2) is 36.4 Å². The summed E-state index contributed by atoms with van der Waals surface area (Å²) >= 11 is 0. The van der Waals surface area contributed by atoms with E-state index in [1.165, 1.54) is 24.8 Å². The summed E-state index contributed by atoms with van der Waals surface area (Å²) in [5, 5.41) is 8.18. The average molecular weight is 241 g/mol. The molecule has 3 heteroatoms. The SMILES string of the molecule is c1ccc2nc(CNC[C@@H]3CCCN3)ccc2c1. The number of fused-ring (bicyclic) bond motifs is 1. The van der Waals surface area contributed by atoms with Crippen LogP contribution in [0.3, 0.4) is 0 Å². The molecule has 1 fully saturated rings. The number of aromatic nitrogens is 1. The maximum Gasteiger partial charge on any atom is 0.0705 e. The zero-order valence-electron chi connectivity index (χ0n) is 10.5. The minimum Gasteiger partial charge on any atom is -0.313 e. The van der Waals surface area contributed by atoms with Crippen molar-refractivity contribution in [2.45, 2.75) is 25.4 Å². The van der Waals surface area contributed by atoms with E-state index in [0.29, 0.717) is 6.04 Å². The first-order valence-electron chi connectivity index (χ1n) is 6.70. The van der Waals surface area contributed by atoms with E-state index in [9.17, 15) is 0 Å². The number of nitrogens with one attached hydrogen (secondary N) is 2. The van der Waals surface area contributed by atoms with Crippen LogP contribution < -0.4 is 10.6 Å². The molecule has 1 aromatic heterocycles. The predicted molar refractivity (Wildman–Crippen MR) is 74.5 cm³/mol. The van der Waals surface area contributed by atoms with Crippen LogP contribution >= 0.6 is 0 Å². The molecule has 0 radical (unpaired) electrons. The molecule has 18 heavy (non-hydrogen) atoms.